The number of aliphatic hydroxyl groups excluding tert-OH is 1. The van der Waals surface area contributed by atoms with Crippen molar-refractivity contribution in [1.82, 2.24) is 5.32 Å². The van der Waals surface area contributed by atoms with Crippen LogP contribution in [-0.2, 0) is 9.13 Å². The summed E-state index contributed by atoms with van der Waals surface area (Å²) in [5.41, 5.74) is -1.77. The SMILES string of the molecule is O=P(O)(O)C(O)C(C1CCCCN1)P(=O)(O)O. The van der Waals surface area contributed by atoms with E-state index in [1.807, 2.05) is 0 Å². The summed E-state index contributed by atoms with van der Waals surface area (Å²) in [5.74, 6) is -2.35. The molecule has 102 valence electrons. The summed E-state index contributed by atoms with van der Waals surface area (Å²) in [6.45, 7) is 0.509. The molecule has 0 amide bonds. The Morgan fingerprint density at radius 1 is 1.06 bits per heavy atom. The molecule has 1 fully saturated rings. The van der Waals surface area contributed by atoms with Gasteiger partial charge in [0.05, 0.1) is 0 Å². The van der Waals surface area contributed by atoms with Crippen molar-refractivity contribution in [1.29, 1.82) is 0 Å². The molecule has 0 spiro atoms. The van der Waals surface area contributed by atoms with Gasteiger partial charge in [-0.15, -0.1) is 0 Å². The van der Waals surface area contributed by atoms with Crippen molar-refractivity contribution in [2.24, 2.45) is 0 Å². The van der Waals surface area contributed by atoms with Gasteiger partial charge < -0.3 is 30.0 Å². The Labute approximate surface area is 98.4 Å². The van der Waals surface area contributed by atoms with Crippen molar-refractivity contribution < 1.29 is 33.8 Å². The average Bonchev–Trinajstić information content (AvgIpc) is 2.15. The Morgan fingerprint density at radius 3 is 2.00 bits per heavy atom. The van der Waals surface area contributed by atoms with Gasteiger partial charge in [0.1, 0.15) is 5.66 Å². The van der Waals surface area contributed by atoms with E-state index < -0.39 is 32.7 Å². The average molecular weight is 289 g/mol. The monoisotopic (exact) mass is 289 g/mol. The van der Waals surface area contributed by atoms with Gasteiger partial charge in [0.2, 0.25) is 0 Å². The van der Waals surface area contributed by atoms with E-state index in [0.717, 1.165) is 6.42 Å². The highest BCUT2D eigenvalue weighted by Gasteiger charge is 2.48. The first kappa shape index (κ1) is 15.3. The van der Waals surface area contributed by atoms with E-state index in [2.05, 4.69) is 5.32 Å². The zero-order valence-corrected chi connectivity index (χ0v) is 10.8. The standard InChI is InChI=1S/C7H17NO7P2/c9-7(17(13,14)15)6(16(10,11)12)5-3-1-2-4-8-5/h5-9H,1-4H2,(H2,10,11,12)(H2,13,14,15). The molecule has 1 heterocycles. The van der Waals surface area contributed by atoms with Crippen LogP contribution < -0.4 is 5.32 Å². The van der Waals surface area contributed by atoms with Gasteiger partial charge in [0.25, 0.3) is 0 Å². The molecular formula is C7H17NO7P2. The summed E-state index contributed by atoms with van der Waals surface area (Å²) < 4.78 is 22.2. The van der Waals surface area contributed by atoms with Crippen molar-refractivity contribution in [3.8, 4) is 0 Å². The topological polar surface area (TPSA) is 147 Å². The molecule has 1 aliphatic rings. The molecule has 0 saturated carbocycles. The molecule has 0 aliphatic carbocycles. The highest BCUT2D eigenvalue weighted by atomic mass is 31.2. The van der Waals surface area contributed by atoms with E-state index in [0.29, 0.717) is 19.4 Å². The Morgan fingerprint density at radius 2 is 1.65 bits per heavy atom. The van der Waals surface area contributed by atoms with Gasteiger partial charge in [-0.3, -0.25) is 9.13 Å². The van der Waals surface area contributed by atoms with Crippen LogP contribution in [0, 0.1) is 0 Å². The van der Waals surface area contributed by atoms with Gasteiger partial charge in [0.15, 0.2) is 5.85 Å². The number of hydrogen-bond donors (Lipinski definition) is 6. The fourth-order valence-electron chi connectivity index (χ4n) is 1.99. The van der Waals surface area contributed by atoms with Crippen molar-refractivity contribution in [3.05, 3.63) is 0 Å². The Hall–Kier alpha value is 0.220. The van der Waals surface area contributed by atoms with E-state index in [4.69, 9.17) is 19.6 Å². The van der Waals surface area contributed by atoms with E-state index in [1.165, 1.54) is 0 Å². The van der Waals surface area contributed by atoms with Crippen molar-refractivity contribution in [2.45, 2.75) is 36.8 Å². The third-order valence-electron chi connectivity index (χ3n) is 2.80. The molecule has 0 radical (unpaired) electrons. The highest BCUT2D eigenvalue weighted by Crippen LogP contribution is 2.54. The molecule has 0 aromatic carbocycles. The van der Waals surface area contributed by atoms with Gasteiger partial charge in [-0.1, -0.05) is 6.42 Å². The second-order valence-electron chi connectivity index (χ2n) is 4.14. The minimum Gasteiger partial charge on any atom is -0.380 e. The molecule has 3 unspecified atom stereocenters. The summed E-state index contributed by atoms with van der Waals surface area (Å²) >= 11 is 0. The summed E-state index contributed by atoms with van der Waals surface area (Å²) in [4.78, 5) is 35.9. The molecule has 8 nitrogen and oxygen atoms in total. The quantitative estimate of drug-likeness (QED) is 0.367. The minimum atomic E-state index is -4.95. The van der Waals surface area contributed by atoms with Gasteiger partial charge in [-0.25, -0.2) is 0 Å². The molecule has 3 atom stereocenters. The maximum atomic E-state index is 11.3. The lowest BCUT2D eigenvalue weighted by Gasteiger charge is -2.34. The molecule has 1 aliphatic heterocycles. The summed E-state index contributed by atoms with van der Waals surface area (Å²) in [6, 6.07) is -0.785. The first-order valence-corrected chi connectivity index (χ1v) is 8.52. The smallest absolute Gasteiger partial charge is 0.354 e. The third kappa shape index (κ3) is 4.12. The number of rotatable bonds is 4. The molecule has 0 aromatic heterocycles. The Bertz CT molecular complexity index is 344. The molecule has 17 heavy (non-hydrogen) atoms. The van der Waals surface area contributed by atoms with Crippen LogP contribution >= 0.6 is 15.2 Å². The molecule has 0 bridgehead atoms. The van der Waals surface area contributed by atoms with Crippen molar-refractivity contribution in [3.63, 3.8) is 0 Å². The Kier molecular flexibility index (Phi) is 4.91. The largest absolute Gasteiger partial charge is 0.380 e. The van der Waals surface area contributed by atoms with E-state index in [1.54, 1.807) is 0 Å². The van der Waals surface area contributed by atoms with Gasteiger partial charge >= 0.3 is 15.2 Å². The number of nitrogens with one attached hydrogen (secondary N) is 1. The molecule has 10 heteroatoms. The van der Waals surface area contributed by atoms with Crippen LogP contribution in [0.4, 0.5) is 0 Å². The summed E-state index contributed by atoms with van der Waals surface area (Å²) in [5, 5.41) is 12.2. The summed E-state index contributed by atoms with van der Waals surface area (Å²) in [7, 11) is -9.75. The Balaban J connectivity index is 2.95. The number of aliphatic hydroxyl groups is 1. The lowest BCUT2D eigenvalue weighted by Crippen LogP contribution is -2.48. The van der Waals surface area contributed by atoms with Crippen LogP contribution in [0.2, 0.25) is 0 Å². The maximum absolute atomic E-state index is 11.3. The highest BCUT2D eigenvalue weighted by molar-refractivity contribution is 7.57. The second kappa shape index (κ2) is 5.47. The lowest BCUT2D eigenvalue weighted by atomic mass is 10.0. The predicted octanol–water partition coefficient (Wildman–Crippen LogP) is -0.829. The van der Waals surface area contributed by atoms with Crippen molar-refractivity contribution in [2.75, 3.05) is 6.54 Å². The van der Waals surface area contributed by atoms with E-state index in [9.17, 15) is 14.2 Å². The maximum Gasteiger partial charge on any atom is 0.354 e. The van der Waals surface area contributed by atoms with Crippen LogP contribution in [0.3, 0.4) is 0 Å². The first-order valence-electron chi connectivity index (χ1n) is 5.16. The van der Waals surface area contributed by atoms with Crippen molar-refractivity contribution >= 4 is 15.2 Å². The molecule has 1 saturated heterocycles. The van der Waals surface area contributed by atoms with E-state index >= 15 is 0 Å². The fraction of sp³-hybridized carbons (Fsp3) is 1.00. The lowest BCUT2D eigenvalue weighted by molar-refractivity contribution is 0.162. The van der Waals surface area contributed by atoms with E-state index in [-0.39, 0.29) is 0 Å². The number of hydrogen-bond acceptors (Lipinski definition) is 4. The van der Waals surface area contributed by atoms with Gasteiger partial charge in [-0.2, -0.15) is 0 Å². The molecule has 0 aromatic rings. The fourth-order valence-corrected chi connectivity index (χ4v) is 4.70. The van der Waals surface area contributed by atoms with Crippen LogP contribution in [-0.4, -0.2) is 48.8 Å². The first-order chi connectivity index (χ1) is 7.64. The van der Waals surface area contributed by atoms with Crippen LogP contribution in [0.5, 0.6) is 0 Å². The predicted molar refractivity (Wildman–Crippen MR) is 59.5 cm³/mol. The summed E-state index contributed by atoms with van der Waals surface area (Å²) in [6.07, 6.45) is 1.89. The third-order valence-corrected chi connectivity index (χ3v) is 5.46. The zero-order chi connectivity index (χ0) is 13.3. The molecular weight excluding hydrogens is 272 g/mol. The van der Waals surface area contributed by atoms with Crippen LogP contribution in [0.1, 0.15) is 19.3 Å². The zero-order valence-electron chi connectivity index (χ0n) is 9.01. The minimum absolute atomic E-state index is 0.368. The van der Waals surface area contributed by atoms with Gasteiger partial charge in [0, 0.05) is 6.04 Å². The molecule has 1 rings (SSSR count). The van der Waals surface area contributed by atoms with Crippen LogP contribution in [0.25, 0.3) is 0 Å². The van der Waals surface area contributed by atoms with Crippen LogP contribution in [0.15, 0.2) is 0 Å². The van der Waals surface area contributed by atoms with Gasteiger partial charge in [-0.05, 0) is 19.4 Å². The normalized spacial score (nSPS) is 26.5. The second-order valence-corrected chi connectivity index (χ2v) is 7.62. The molecule has 6 N–H and O–H groups in total. The number of piperidine rings is 1.